The van der Waals surface area contributed by atoms with E-state index in [-0.39, 0.29) is 18.2 Å². The number of H-pyrrole nitrogens is 1. The van der Waals surface area contributed by atoms with Crippen LogP contribution < -0.4 is 10.6 Å². The van der Waals surface area contributed by atoms with Crippen molar-refractivity contribution in [3.63, 3.8) is 0 Å². The molecular formula is C22H17ClN4O2. The lowest BCUT2D eigenvalue weighted by Gasteiger charge is -2.09. The number of imidazole rings is 1. The summed E-state index contributed by atoms with van der Waals surface area (Å²) >= 11 is 5.95. The third-order valence-corrected chi connectivity index (χ3v) is 4.60. The molecule has 29 heavy (non-hydrogen) atoms. The maximum atomic E-state index is 12.5. The summed E-state index contributed by atoms with van der Waals surface area (Å²) < 4.78 is 0. The van der Waals surface area contributed by atoms with E-state index in [0.717, 1.165) is 11.1 Å². The van der Waals surface area contributed by atoms with Gasteiger partial charge in [-0.25, -0.2) is 4.98 Å². The number of fused-ring (bicyclic) bond motifs is 1. The van der Waals surface area contributed by atoms with Gasteiger partial charge in [-0.2, -0.15) is 0 Å². The largest absolute Gasteiger partial charge is 0.345 e. The predicted octanol–water partition coefficient (Wildman–Crippen LogP) is 4.65. The highest BCUT2D eigenvalue weighted by Crippen LogP contribution is 2.20. The third-order valence-electron chi connectivity index (χ3n) is 4.36. The Morgan fingerprint density at radius 3 is 2.66 bits per heavy atom. The standard InChI is InChI=1S/C22H17ClN4O2/c23-16-6-2-7-17(12-16)26-22(29)15-5-1-4-14(10-15)11-20(28)27-19-9-3-8-18-21(19)25-13-24-18/h1-10,12-13H,11H2,(H,24,25)(H,26,29)(H,27,28). The van der Waals surface area contributed by atoms with Crippen molar-refractivity contribution >= 4 is 45.8 Å². The van der Waals surface area contributed by atoms with Crippen molar-refractivity contribution in [3.8, 4) is 0 Å². The van der Waals surface area contributed by atoms with Gasteiger partial charge >= 0.3 is 0 Å². The Balaban J connectivity index is 1.45. The number of amides is 2. The second kappa shape index (κ2) is 8.16. The summed E-state index contributed by atoms with van der Waals surface area (Å²) in [5, 5.41) is 6.22. The molecule has 144 valence electrons. The lowest BCUT2D eigenvalue weighted by atomic mass is 10.1. The zero-order chi connectivity index (χ0) is 20.2. The van der Waals surface area contributed by atoms with Gasteiger partial charge in [0.25, 0.3) is 5.91 Å². The molecule has 0 radical (unpaired) electrons. The van der Waals surface area contributed by atoms with Crippen LogP contribution in [0.15, 0.2) is 73.1 Å². The molecule has 4 rings (SSSR count). The fraction of sp³-hybridized carbons (Fsp3) is 0.0455. The Bertz CT molecular complexity index is 1200. The molecule has 0 saturated carbocycles. The average molecular weight is 405 g/mol. The van der Waals surface area contributed by atoms with Gasteiger partial charge < -0.3 is 15.6 Å². The van der Waals surface area contributed by atoms with E-state index in [9.17, 15) is 9.59 Å². The van der Waals surface area contributed by atoms with Crippen LogP contribution in [0.5, 0.6) is 0 Å². The summed E-state index contributed by atoms with van der Waals surface area (Å²) in [6.45, 7) is 0. The van der Waals surface area contributed by atoms with Crippen molar-refractivity contribution in [2.45, 2.75) is 6.42 Å². The van der Waals surface area contributed by atoms with Crippen molar-refractivity contribution in [2.75, 3.05) is 10.6 Å². The lowest BCUT2D eigenvalue weighted by molar-refractivity contribution is -0.115. The van der Waals surface area contributed by atoms with E-state index in [2.05, 4.69) is 20.6 Å². The molecule has 0 unspecified atom stereocenters. The maximum absolute atomic E-state index is 12.5. The Hall–Kier alpha value is -3.64. The minimum Gasteiger partial charge on any atom is -0.345 e. The van der Waals surface area contributed by atoms with Crippen LogP contribution in [0.4, 0.5) is 11.4 Å². The van der Waals surface area contributed by atoms with Crippen molar-refractivity contribution in [2.24, 2.45) is 0 Å². The third kappa shape index (κ3) is 4.44. The van der Waals surface area contributed by atoms with Crippen molar-refractivity contribution in [3.05, 3.63) is 89.2 Å². The van der Waals surface area contributed by atoms with Crippen LogP contribution >= 0.6 is 11.6 Å². The second-order valence-electron chi connectivity index (χ2n) is 6.49. The monoisotopic (exact) mass is 404 g/mol. The number of rotatable bonds is 5. The minimum atomic E-state index is -0.268. The molecule has 0 bridgehead atoms. The number of nitrogens with one attached hydrogen (secondary N) is 3. The van der Waals surface area contributed by atoms with E-state index < -0.39 is 0 Å². The number of anilines is 2. The van der Waals surface area contributed by atoms with Gasteiger partial charge in [0.15, 0.2) is 0 Å². The van der Waals surface area contributed by atoms with E-state index in [1.165, 1.54) is 0 Å². The van der Waals surface area contributed by atoms with Crippen LogP contribution in [0.25, 0.3) is 11.0 Å². The van der Waals surface area contributed by atoms with Crippen LogP contribution in [0.3, 0.4) is 0 Å². The molecule has 1 heterocycles. The molecule has 6 nitrogen and oxygen atoms in total. The first-order valence-corrected chi connectivity index (χ1v) is 9.34. The SMILES string of the molecule is O=C(Cc1cccc(C(=O)Nc2cccc(Cl)c2)c1)Nc1cccc2[nH]cnc12. The number of carbonyl (C=O) groups is 2. The molecule has 0 atom stereocenters. The summed E-state index contributed by atoms with van der Waals surface area (Å²) in [5.74, 6) is -0.455. The van der Waals surface area contributed by atoms with Gasteiger partial charge in [-0.1, -0.05) is 35.9 Å². The van der Waals surface area contributed by atoms with E-state index in [0.29, 0.717) is 27.5 Å². The number of para-hydroxylation sites is 1. The maximum Gasteiger partial charge on any atom is 0.255 e. The average Bonchev–Trinajstić information content (AvgIpc) is 3.18. The van der Waals surface area contributed by atoms with Gasteiger partial charge in [0, 0.05) is 16.3 Å². The van der Waals surface area contributed by atoms with Crippen LogP contribution in [0.1, 0.15) is 15.9 Å². The fourth-order valence-electron chi connectivity index (χ4n) is 3.04. The number of hydrogen-bond donors (Lipinski definition) is 3. The quantitative estimate of drug-likeness (QED) is 0.452. The minimum absolute atomic E-state index is 0.138. The molecular weight excluding hydrogens is 388 g/mol. The Morgan fingerprint density at radius 2 is 1.79 bits per heavy atom. The molecule has 0 aliphatic carbocycles. The van der Waals surface area contributed by atoms with E-state index in [1.54, 1.807) is 54.9 Å². The number of halogens is 1. The Kier molecular flexibility index (Phi) is 5.27. The topological polar surface area (TPSA) is 86.9 Å². The molecule has 0 saturated heterocycles. The highest BCUT2D eigenvalue weighted by molar-refractivity contribution is 6.31. The number of nitrogens with zero attached hydrogens (tertiary/aromatic N) is 1. The van der Waals surface area contributed by atoms with Gasteiger partial charge in [0.05, 0.1) is 24.0 Å². The summed E-state index contributed by atoms with van der Waals surface area (Å²) in [6, 6.07) is 19.4. The van der Waals surface area contributed by atoms with Crippen molar-refractivity contribution < 1.29 is 9.59 Å². The molecule has 1 aromatic heterocycles. The molecule has 0 aliphatic rings. The van der Waals surface area contributed by atoms with Gasteiger partial charge in [-0.15, -0.1) is 0 Å². The van der Waals surface area contributed by atoms with E-state index >= 15 is 0 Å². The first-order chi connectivity index (χ1) is 14.1. The zero-order valence-electron chi connectivity index (χ0n) is 15.3. The summed E-state index contributed by atoms with van der Waals surface area (Å²) in [4.78, 5) is 32.2. The molecule has 3 N–H and O–H groups in total. The van der Waals surface area contributed by atoms with Crippen LogP contribution in [-0.4, -0.2) is 21.8 Å². The second-order valence-corrected chi connectivity index (χ2v) is 6.93. The smallest absolute Gasteiger partial charge is 0.255 e. The number of hydrogen-bond acceptors (Lipinski definition) is 3. The molecule has 3 aromatic carbocycles. The molecule has 2 amide bonds. The highest BCUT2D eigenvalue weighted by atomic mass is 35.5. The summed E-state index contributed by atoms with van der Waals surface area (Å²) in [5.41, 5.74) is 4.00. The van der Waals surface area contributed by atoms with Crippen molar-refractivity contribution in [1.29, 1.82) is 0 Å². The normalized spacial score (nSPS) is 10.7. The first kappa shape index (κ1) is 18.7. The number of benzene rings is 3. The molecule has 0 aliphatic heterocycles. The molecule has 4 aromatic rings. The molecule has 7 heteroatoms. The molecule has 0 fully saturated rings. The van der Waals surface area contributed by atoms with Gasteiger partial charge in [0.2, 0.25) is 5.91 Å². The van der Waals surface area contributed by atoms with Crippen LogP contribution in [-0.2, 0) is 11.2 Å². The van der Waals surface area contributed by atoms with Crippen molar-refractivity contribution in [1.82, 2.24) is 9.97 Å². The zero-order valence-corrected chi connectivity index (χ0v) is 16.0. The number of carbonyl (C=O) groups excluding carboxylic acids is 2. The van der Waals surface area contributed by atoms with E-state index in [1.807, 2.05) is 18.2 Å². The first-order valence-electron chi connectivity index (χ1n) is 8.96. The number of aromatic nitrogens is 2. The lowest BCUT2D eigenvalue weighted by Crippen LogP contribution is -2.16. The number of aromatic amines is 1. The van der Waals surface area contributed by atoms with Gasteiger partial charge in [-0.3, -0.25) is 9.59 Å². The Labute approximate surface area is 171 Å². The summed E-state index contributed by atoms with van der Waals surface area (Å²) in [7, 11) is 0. The summed E-state index contributed by atoms with van der Waals surface area (Å²) in [6.07, 6.45) is 1.72. The fourth-order valence-corrected chi connectivity index (χ4v) is 3.23. The van der Waals surface area contributed by atoms with Crippen LogP contribution in [0, 0.1) is 0 Å². The van der Waals surface area contributed by atoms with Gasteiger partial charge in [-0.05, 0) is 48.0 Å². The highest BCUT2D eigenvalue weighted by Gasteiger charge is 2.11. The van der Waals surface area contributed by atoms with Crippen LogP contribution in [0.2, 0.25) is 5.02 Å². The predicted molar refractivity (Wildman–Crippen MR) is 114 cm³/mol. The molecule has 0 spiro atoms. The van der Waals surface area contributed by atoms with Gasteiger partial charge in [0.1, 0.15) is 5.52 Å². The van der Waals surface area contributed by atoms with E-state index in [4.69, 9.17) is 11.6 Å². The Morgan fingerprint density at radius 1 is 0.966 bits per heavy atom.